The van der Waals surface area contributed by atoms with E-state index in [1.165, 1.54) is 25.7 Å². The molecule has 0 amide bonds. The van der Waals surface area contributed by atoms with Crippen molar-refractivity contribution in [2.45, 2.75) is 84.6 Å². The van der Waals surface area contributed by atoms with Crippen LogP contribution in [-0.2, 0) is 6.54 Å². The molecule has 1 heterocycles. The van der Waals surface area contributed by atoms with Crippen LogP contribution >= 0.6 is 0 Å². The molecule has 2 rings (SSSR count). The quantitative estimate of drug-likeness (QED) is 0.345. The Morgan fingerprint density at radius 1 is 0.964 bits per heavy atom. The summed E-state index contributed by atoms with van der Waals surface area (Å²) in [5.74, 6) is -0.00515. The van der Waals surface area contributed by atoms with Gasteiger partial charge in [0.1, 0.15) is 0 Å². The summed E-state index contributed by atoms with van der Waals surface area (Å²) in [4.78, 5) is 13.0. The van der Waals surface area contributed by atoms with Crippen LogP contribution in [0.3, 0.4) is 0 Å². The van der Waals surface area contributed by atoms with Crippen LogP contribution in [0.5, 0.6) is 11.5 Å². The van der Waals surface area contributed by atoms with Gasteiger partial charge in [-0.2, -0.15) is 0 Å². The molecule has 156 valence electrons. The molecule has 2 aromatic rings. The maximum atomic E-state index is 13.0. The lowest BCUT2D eigenvalue weighted by atomic mass is 10.1. The van der Waals surface area contributed by atoms with Gasteiger partial charge in [-0.05, 0) is 31.0 Å². The zero-order valence-electron chi connectivity index (χ0n) is 17.5. The number of fused-ring (bicyclic) bond motifs is 1. The lowest BCUT2D eigenvalue weighted by Gasteiger charge is -2.16. The van der Waals surface area contributed by atoms with E-state index in [1.54, 1.807) is 22.8 Å². The Morgan fingerprint density at radius 2 is 1.61 bits per heavy atom. The van der Waals surface area contributed by atoms with Crippen LogP contribution in [0.25, 0.3) is 10.9 Å². The zero-order valence-corrected chi connectivity index (χ0v) is 17.5. The number of aromatic hydroxyl groups is 1. The maximum Gasteiger partial charge on any atom is 0.297 e. The molecule has 0 saturated heterocycles. The van der Waals surface area contributed by atoms with E-state index in [2.05, 4.69) is 13.8 Å². The number of nitrogen functional groups attached to an aromatic ring is 1. The number of aromatic nitrogens is 1. The van der Waals surface area contributed by atoms with Crippen molar-refractivity contribution in [3.05, 3.63) is 28.6 Å². The van der Waals surface area contributed by atoms with Gasteiger partial charge in [-0.3, -0.25) is 4.79 Å². The summed E-state index contributed by atoms with van der Waals surface area (Å²) in [7, 11) is 0. The summed E-state index contributed by atoms with van der Waals surface area (Å²) in [5, 5.41) is 11.3. The molecule has 0 fully saturated rings. The van der Waals surface area contributed by atoms with Gasteiger partial charge >= 0.3 is 0 Å². The highest BCUT2D eigenvalue weighted by atomic mass is 16.5. The fourth-order valence-electron chi connectivity index (χ4n) is 3.53. The molecule has 3 N–H and O–H groups in total. The van der Waals surface area contributed by atoms with Crippen LogP contribution < -0.4 is 16.0 Å². The molecule has 1 aromatic heterocycles. The highest BCUT2D eigenvalue weighted by Gasteiger charge is 2.17. The lowest BCUT2D eigenvalue weighted by molar-refractivity contribution is 0.284. The summed E-state index contributed by atoms with van der Waals surface area (Å²) in [5.41, 5.74) is 6.93. The number of hydrogen-bond donors (Lipinski definition) is 2. The van der Waals surface area contributed by atoms with Crippen molar-refractivity contribution < 1.29 is 9.84 Å². The Morgan fingerprint density at radius 3 is 2.32 bits per heavy atom. The Balaban J connectivity index is 2.21. The monoisotopic (exact) mass is 388 g/mol. The molecule has 0 saturated carbocycles. The third-order valence-corrected chi connectivity index (χ3v) is 5.20. The summed E-state index contributed by atoms with van der Waals surface area (Å²) < 4.78 is 7.45. The van der Waals surface area contributed by atoms with Gasteiger partial charge in [0, 0.05) is 17.6 Å². The van der Waals surface area contributed by atoms with Gasteiger partial charge in [-0.1, -0.05) is 65.2 Å². The molecule has 0 aliphatic rings. The molecule has 5 heteroatoms. The van der Waals surface area contributed by atoms with Gasteiger partial charge in [-0.15, -0.1) is 0 Å². The molecule has 0 bridgehead atoms. The Hall–Kier alpha value is -2.17. The van der Waals surface area contributed by atoms with E-state index < -0.39 is 0 Å². The Kier molecular flexibility index (Phi) is 9.18. The van der Waals surface area contributed by atoms with Crippen LogP contribution in [0.4, 0.5) is 5.69 Å². The van der Waals surface area contributed by atoms with E-state index in [4.69, 9.17) is 10.5 Å². The summed E-state index contributed by atoms with van der Waals surface area (Å²) in [6, 6.07) is 5.27. The molecule has 5 nitrogen and oxygen atoms in total. The van der Waals surface area contributed by atoms with Gasteiger partial charge in [0.05, 0.1) is 12.1 Å². The van der Waals surface area contributed by atoms with E-state index >= 15 is 0 Å². The van der Waals surface area contributed by atoms with Crippen molar-refractivity contribution in [3.8, 4) is 11.5 Å². The molecule has 0 atom stereocenters. The molecular formula is C23H36N2O3. The van der Waals surface area contributed by atoms with Crippen LogP contribution in [0.2, 0.25) is 0 Å². The van der Waals surface area contributed by atoms with Crippen molar-refractivity contribution in [1.29, 1.82) is 0 Å². The van der Waals surface area contributed by atoms with Crippen LogP contribution in [0, 0.1) is 0 Å². The molecule has 0 unspecified atom stereocenters. The Labute approximate surface area is 168 Å². The Bertz CT molecular complexity index is 799. The van der Waals surface area contributed by atoms with Crippen LogP contribution in [-0.4, -0.2) is 16.3 Å². The largest absolute Gasteiger partial charge is 0.504 e. The zero-order chi connectivity index (χ0) is 20.4. The fourth-order valence-corrected chi connectivity index (χ4v) is 3.53. The molecule has 28 heavy (non-hydrogen) atoms. The van der Waals surface area contributed by atoms with E-state index in [0.29, 0.717) is 29.7 Å². The summed E-state index contributed by atoms with van der Waals surface area (Å²) in [6.45, 7) is 5.41. The number of ether oxygens (including phenoxy) is 1. The molecule has 1 aromatic carbocycles. The minimum atomic E-state index is -0.264. The van der Waals surface area contributed by atoms with Crippen LogP contribution in [0.15, 0.2) is 23.0 Å². The van der Waals surface area contributed by atoms with Crippen molar-refractivity contribution in [3.63, 3.8) is 0 Å². The molecule has 0 radical (unpaired) electrons. The van der Waals surface area contributed by atoms with E-state index in [9.17, 15) is 9.90 Å². The third-order valence-electron chi connectivity index (χ3n) is 5.20. The fraction of sp³-hybridized carbons (Fsp3) is 0.609. The number of nitrogens with two attached hydrogens (primary N) is 1. The van der Waals surface area contributed by atoms with Gasteiger partial charge in [-0.25, -0.2) is 0 Å². The number of unbranched alkanes of at least 4 members (excludes halogenated alkanes) is 8. The maximum absolute atomic E-state index is 13.0. The average Bonchev–Trinajstić information content (AvgIpc) is 2.68. The number of nitrogens with zero attached hydrogens (tertiary/aromatic N) is 1. The normalized spacial score (nSPS) is 11.2. The van der Waals surface area contributed by atoms with E-state index in [1.807, 2.05) is 0 Å². The van der Waals surface area contributed by atoms with Crippen molar-refractivity contribution in [1.82, 2.24) is 4.57 Å². The highest BCUT2D eigenvalue weighted by Crippen LogP contribution is 2.32. The lowest BCUT2D eigenvalue weighted by Crippen LogP contribution is -2.23. The number of rotatable bonds is 13. The number of benzene rings is 1. The SMILES string of the molecule is CCCCCCCCn1c(=O)c(OCCCCCC)c(O)c2ccc(N)cc21. The summed E-state index contributed by atoms with van der Waals surface area (Å²) in [6.07, 6.45) is 11.1. The minimum Gasteiger partial charge on any atom is -0.504 e. The van der Waals surface area contributed by atoms with Crippen LogP contribution in [0.1, 0.15) is 78.1 Å². The van der Waals surface area contributed by atoms with E-state index in [-0.39, 0.29) is 17.1 Å². The first-order chi connectivity index (χ1) is 13.6. The van der Waals surface area contributed by atoms with Gasteiger partial charge in [0.2, 0.25) is 5.75 Å². The van der Waals surface area contributed by atoms with E-state index in [0.717, 1.165) is 38.5 Å². The second-order valence-corrected chi connectivity index (χ2v) is 7.59. The molecule has 0 spiro atoms. The first-order valence-corrected chi connectivity index (χ1v) is 10.9. The molecule has 0 aliphatic heterocycles. The highest BCUT2D eigenvalue weighted by molar-refractivity contribution is 5.89. The first kappa shape index (κ1) is 22.1. The average molecular weight is 389 g/mol. The second-order valence-electron chi connectivity index (χ2n) is 7.59. The van der Waals surface area contributed by atoms with Crippen molar-refractivity contribution >= 4 is 16.6 Å². The first-order valence-electron chi connectivity index (χ1n) is 10.9. The minimum absolute atomic E-state index is 0.0692. The number of hydrogen-bond acceptors (Lipinski definition) is 4. The smallest absolute Gasteiger partial charge is 0.297 e. The second kappa shape index (κ2) is 11.6. The number of anilines is 1. The number of aryl methyl sites for hydroxylation is 1. The van der Waals surface area contributed by atoms with Gasteiger partial charge in [0.15, 0.2) is 5.75 Å². The molecule has 0 aliphatic carbocycles. The number of pyridine rings is 1. The summed E-state index contributed by atoms with van der Waals surface area (Å²) >= 11 is 0. The van der Waals surface area contributed by atoms with Crippen molar-refractivity contribution in [2.24, 2.45) is 0 Å². The molecular weight excluding hydrogens is 352 g/mol. The topological polar surface area (TPSA) is 77.5 Å². The predicted octanol–water partition coefficient (Wildman–Crippen LogP) is 5.61. The van der Waals surface area contributed by atoms with Gasteiger partial charge in [0.25, 0.3) is 5.56 Å². The standard InChI is InChI=1S/C23H36N2O3/c1-3-5-7-9-10-11-15-25-20-17-18(24)13-14-19(20)21(26)22(23(25)27)28-16-12-8-6-4-2/h13-14,17,26H,3-12,15-16,24H2,1-2H3. The predicted molar refractivity (Wildman–Crippen MR) is 117 cm³/mol. The van der Waals surface area contributed by atoms with Crippen molar-refractivity contribution in [2.75, 3.05) is 12.3 Å². The van der Waals surface area contributed by atoms with Gasteiger partial charge < -0.3 is 20.1 Å². The third kappa shape index (κ3) is 5.91.